The number of likely N-dealkylation sites (tertiary alicyclic amines) is 1. The van der Waals surface area contributed by atoms with Crippen molar-refractivity contribution in [2.45, 2.75) is 25.3 Å². The van der Waals surface area contributed by atoms with E-state index in [0.29, 0.717) is 6.04 Å². The molecule has 1 heterocycles. The number of piperidine rings is 1. The molecule has 0 radical (unpaired) electrons. The van der Waals surface area contributed by atoms with Crippen molar-refractivity contribution < 1.29 is 0 Å². The van der Waals surface area contributed by atoms with Gasteiger partial charge in [0.05, 0.1) is 0 Å². The van der Waals surface area contributed by atoms with Gasteiger partial charge in [0, 0.05) is 6.04 Å². The fourth-order valence-corrected chi connectivity index (χ4v) is 1.61. The van der Waals surface area contributed by atoms with Crippen molar-refractivity contribution in [2.24, 2.45) is 0 Å². The zero-order valence-electron chi connectivity index (χ0n) is 7.13. The third-order valence-corrected chi connectivity index (χ3v) is 2.30. The molecule has 1 aliphatic rings. The van der Waals surface area contributed by atoms with Crippen molar-refractivity contribution in [3.05, 3.63) is 25.3 Å². The molecule has 0 spiro atoms. The molecule has 1 nitrogen and oxygen atoms in total. The molecule has 1 aliphatic heterocycles. The molecule has 0 aliphatic carbocycles. The van der Waals surface area contributed by atoms with Crippen LogP contribution in [-0.4, -0.2) is 24.0 Å². The first-order valence-electron chi connectivity index (χ1n) is 4.37. The van der Waals surface area contributed by atoms with E-state index in [4.69, 9.17) is 0 Å². The minimum atomic E-state index is 0.398. The molecule has 11 heavy (non-hydrogen) atoms. The van der Waals surface area contributed by atoms with Crippen molar-refractivity contribution in [3.63, 3.8) is 0 Å². The Morgan fingerprint density at radius 1 is 1.00 bits per heavy atom. The van der Waals surface area contributed by atoms with E-state index < -0.39 is 0 Å². The fraction of sp³-hybridized carbons (Fsp3) is 0.600. The summed E-state index contributed by atoms with van der Waals surface area (Å²) in [4.78, 5) is 2.43. The predicted octanol–water partition coefficient (Wildman–Crippen LogP) is 2.21. The molecule has 0 aromatic carbocycles. The Morgan fingerprint density at radius 2 is 1.55 bits per heavy atom. The fourth-order valence-electron chi connectivity index (χ4n) is 1.61. The highest BCUT2D eigenvalue weighted by Gasteiger charge is 2.14. The van der Waals surface area contributed by atoms with E-state index in [1.807, 2.05) is 12.2 Å². The third-order valence-electron chi connectivity index (χ3n) is 2.30. The van der Waals surface area contributed by atoms with Crippen molar-refractivity contribution >= 4 is 0 Å². The van der Waals surface area contributed by atoms with Gasteiger partial charge in [0.25, 0.3) is 0 Å². The van der Waals surface area contributed by atoms with Crippen molar-refractivity contribution in [1.29, 1.82) is 0 Å². The van der Waals surface area contributed by atoms with Crippen LogP contribution in [0.15, 0.2) is 25.3 Å². The number of nitrogens with zero attached hydrogens (tertiary/aromatic N) is 1. The summed E-state index contributed by atoms with van der Waals surface area (Å²) < 4.78 is 0. The molecule has 1 fully saturated rings. The Morgan fingerprint density at radius 3 is 2.00 bits per heavy atom. The first-order valence-corrected chi connectivity index (χ1v) is 4.37. The van der Waals surface area contributed by atoms with Crippen LogP contribution in [0.5, 0.6) is 0 Å². The maximum atomic E-state index is 3.79. The second-order valence-corrected chi connectivity index (χ2v) is 3.06. The highest BCUT2D eigenvalue weighted by molar-refractivity contribution is 5.00. The lowest BCUT2D eigenvalue weighted by Crippen LogP contribution is -2.36. The van der Waals surface area contributed by atoms with Gasteiger partial charge < -0.3 is 0 Å². The van der Waals surface area contributed by atoms with E-state index in [0.717, 1.165) is 0 Å². The van der Waals surface area contributed by atoms with E-state index in [9.17, 15) is 0 Å². The van der Waals surface area contributed by atoms with Crippen LogP contribution in [0.4, 0.5) is 0 Å². The van der Waals surface area contributed by atoms with Crippen LogP contribution in [0.3, 0.4) is 0 Å². The Balaban J connectivity index is 2.42. The van der Waals surface area contributed by atoms with Gasteiger partial charge in [0.1, 0.15) is 0 Å². The smallest absolute Gasteiger partial charge is 0.0456 e. The zero-order chi connectivity index (χ0) is 8.10. The van der Waals surface area contributed by atoms with E-state index in [1.54, 1.807) is 0 Å². The molecule has 0 aromatic rings. The summed E-state index contributed by atoms with van der Waals surface area (Å²) >= 11 is 0. The largest absolute Gasteiger partial charge is 0.293 e. The normalized spacial score (nSPS) is 20.1. The Hall–Kier alpha value is -0.560. The lowest BCUT2D eigenvalue weighted by Gasteiger charge is -2.30. The summed E-state index contributed by atoms with van der Waals surface area (Å²) in [6, 6.07) is 0.398. The quantitative estimate of drug-likeness (QED) is 0.559. The van der Waals surface area contributed by atoms with Gasteiger partial charge >= 0.3 is 0 Å². The van der Waals surface area contributed by atoms with Crippen LogP contribution in [0.25, 0.3) is 0 Å². The Labute approximate surface area is 69.4 Å². The number of rotatable bonds is 3. The summed E-state index contributed by atoms with van der Waals surface area (Å²) in [5.74, 6) is 0. The predicted molar refractivity (Wildman–Crippen MR) is 49.6 cm³/mol. The Kier molecular flexibility index (Phi) is 3.37. The van der Waals surface area contributed by atoms with Crippen molar-refractivity contribution in [1.82, 2.24) is 4.90 Å². The second-order valence-electron chi connectivity index (χ2n) is 3.06. The van der Waals surface area contributed by atoms with Crippen LogP contribution in [0.1, 0.15) is 19.3 Å². The van der Waals surface area contributed by atoms with Crippen molar-refractivity contribution in [3.8, 4) is 0 Å². The molecule has 0 unspecified atom stereocenters. The molecule has 0 bridgehead atoms. The molecule has 1 saturated heterocycles. The highest BCUT2D eigenvalue weighted by Crippen LogP contribution is 2.12. The molecular weight excluding hydrogens is 134 g/mol. The summed E-state index contributed by atoms with van der Waals surface area (Å²) in [6.45, 7) is 10.0. The van der Waals surface area contributed by atoms with E-state index >= 15 is 0 Å². The highest BCUT2D eigenvalue weighted by atomic mass is 15.1. The number of hydrogen-bond donors (Lipinski definition) is 0. The van der Waals surface area contributed by atoms with Crippen molar-refractivity contribution in [2.75, 3.05) is 13.1 Å². The summed E-state index contributed by atoms with van der Waals surface area (Å²) in [6.07, 6.45) is 7.99. The van der Waals surface area contributed by atoms with Gasteiger partial charge in [-0.15, -0.1) is 13.2 Å². The zero-order valence-corrected chi connectivity index (χ0v) is 7.13. The van der Waals surface area contributed by atoms with Gasteiger partial charge in [-0.25, -0.2) is 0 Å². The number of hydrogen-bond acceptors (Lipinski definition) is 1. The molecule has 62 valence electrons. The topological polar surface area (TPSA) is 3.24 Å². The van der Waals surface area contributed by atoms with Gasteiger partial charge in [-0.2, -0.15) is 0 Å². The standard InChI is InChI=1S/C10H17N/c1-3-10(4-2)11-8-6-5-7-9-11/h3-4,10H,1-2,5-9H2. The van der Waals surface area contributed by atoms with Gasteiger partial charge in [-0.05, 0) is 25.9 Å². The first kappa shape index (κ1) is 8.54. The van der Waals surface area contributed by atoms with Gasteiger partial charge in [-0.1, -0.05) is 18.6 Å². The van der Waals surface area contributed by atoms with E-state index in [1.165, 1.54) is 32.4 Å². The molecule has 0 amide bonds. The van der Waals surface area contributed by atoms with Crippen LogP contribution in [-0.2, 0) is 0 Å². The monoisotopic (exact) mass is 151 g/mol. The molecule has 1 rings (SSSR count). The average Bonchev–Trinajstić information content (AvgIpc) is 2.09. The third kappa shape index (κ3) is 2.19. The summed E-state index contributed by atoms with van der Waals surface area (Å²) in [5.41, 5.74) is 0. The Bertz CT molecular complexity index is 126. The minimum absolute atomic E-state index is 0.398. The lowest BCUT2D eigenvalue weighted by molar-refractivity contribution is 0.216. The van der Waals surface area contributed by atoms with E-state index in [2.05, 4.69) is 18.1 Å². The van der Waals surface area contributed by atoms with Crippen LogP contribution >= 0.6 is 0 Å². The van der Waals surface area contributed by atoms with Crippen LogP contribution < -0.4 is 0 Å². The summed E-state index contributed by atoms with van der Waals surface area (Å²) in [7, 11) is 0. The molecular formula is C10H17N. The SMILES string of the molecule is C=CC(C=C)N1CCCCC1. The minimum Gasteiger partial charge on any atom is -0.293 e. The molecule has 0 aromatic heterocycles. The molecule has 1 heteroatoms. The van der Waals surface area contributed by atoms with E-state index in [-0.39, 0.29) is 0 Å². The lowest BCUT2D eigenvalue weighted by atomic mass is 10.1. The maximum absolute atomic E-state index is 3.79. The molecule has 0 saturated carbocycles. The first-order chi connectivity index (χ1) is 5.38. The van der Waals surface area contributed by atoms with Gasteiger partial charge in [0.2, 0.25) is 0 Å². The second kappa shape index (κ2) is 4.35. The average molecular weight is 151 g/mol. The van der Waals surface area contributed by atoms with Crippen LogP contribution in [0.2, 0.25) is 0 Å². The molecule has 0 atom stereocenters. The van der Waals surface area contributed by atoms with Gasteiger partial charge in [-0.3, -0.25) is 4.90 Å². The summed E-state index contributed by atoms with van der Waals surface area (Å²) in [5, 5.41) is 0. The molecule has 0 N–H and O–H groups in total. The maximum Gasteiger partial charge on any atom is 0.0456 e. The van der Waals surface area contributed by atoms with Gasteiger partial charge in [0.15, 0.2) is 0 Å². The van der Waals surface area contributed by atoms with Crippen LogP contribution in [0, 0.1) is 0 Å².